The third-order valence-corrected chi connectivity index (χ3v) is 3.09. The average molecular weight is 265 g/mol. The quantitative estimate of drug-likeness (QED) is 0.763. The van der Waals surface area contributed by atoms with E-state index in [2.05, 4.69) is 25.2 Å². The van der Waals surface area contributed by atoms with E-state index >= 15 is 0 Å². The Balaban J connectivity index is 2.73. The van der Waals surface area contributed by atoms with Gasteiger partial charge in [-0.25, -0.2) is 4.39 Å². The molecule has 0 saturated carbocycles. The Hall–Kier alpha value is -1.19. The van der Waals surface area contributed by atoms with Crippen LogP contribution in [0, 0.1) is 18.7 Å². The molecule has 3 heteroatoms. The molecule has 0 aliphatic rings. The first-order chi connectivity index (χ1) is 9.04. The van der Waals surface area contributed by atoms with Crippen LogP contribution in [0.25, 0.3) is 6.08 Å². The Labute approximate surface area is 115 Å². The van der Waals surface area contributed by atoms with Gasteiger partial charge in [-0.1, -0.05) is 31.6 Å². The summed E-state index contributed by atoms with van der Waals surface area (Å²) in [4.78, 5) is 0. The summed E-state index contributed by atoms with van der Waals surface area (Å²) in [7, 11) is 1.70. The van der Waals surface area contributed by atoms with Gasteiger partial charge in [0, 0.05) is 20.2 Å². The molecule has 1 aromatic rings. The number of aryl methyl sites for hydroxylation is 1. The van der Waals surface area contributed by atoms with Gasteiger partial charge in [0.05, 0.1) is 6.61 Å². The van der Waals surface area contributed by atoms with Crippen molar-refractivity contribution in [1.82, 2.24) is 5.32 Å². The normalized spacial score (nSPS) is 12.2. The van der Waals surface area contributed by atoms with Crippen molar-refractivity contribution in [2.45, 2.75) is 20.8 Å². The van der Waals surface area contributed by atoms with Crippen LogP contribution in [-0.4, -0.2) is 26.8 Å². The zero-order valence-electron chi connectivity index (χ0n) is 12.3. The Morgan fingerprint density at radius 1 is 1.42 bits per heavy atom. The van der Waals surface area contributed by atoms with E-state index in [9.17, 15) is 4.39 Å². The predicted octanol–water partition coefficient (Wildman–Crippen LogP) is 3.41. The van der Waals surface area contributed by atoms with E-state index in [1.54, 1.807) is 14.0 Å². The molecular weight excluding hydrogens is 241 g/mol. The van der Waals surface area contributed by atoms with Crippen LogP contribution in [0.2, 0.25) is 0 Å². The number of methoxy groups -OCH3 is 1. The summed E-state index contributed by atoms with van der Waals surface area (Å²) >= 11 is 0. The fourth-order valence-corrected chi connectivity index (χ4v) is 1.80. The first-order valence-electron chi connectivity index (χ1n) is 6.71. The molecule has 0 radical (unpaired) electrons. The first-order valence-corrected chi connectivity index (χ1v) is 6.71. The number of hydrogen-bond donors (Lipinski definition) is 1. The van der Waals surface area contributed by atoms with Gasteiger partial charge in [-0.05, 0) is 36.1 Å². The van der Waals surface area contributed by atoms with Crippen LogP contribution in [0.1, 0.15) is 25.0 Å². The number of ether oxygens (including phenoxy) is 1. The summed E-state index contributed by atoms with van der Waals surface area (Å²) in [6.45, 7) is 8.50. The van der Waals surface area contributed by atoms with Crippen molar-refractivity contribution in [3.8, 4) is 0 Å². The van der Waals surface area contributed by atoms with Crippen LogP contribution in [-0.2, 0) is 4.74 Å². The minimum absolute atomic E-state index is 0.151. The molecule has 0 atom stereocenters. The maximum atomic E-state index is 13.2. The third kappa shape index (κ3) is 5.53. The lowest BCUT2D eigenvalue weighted by molar-refractivity contribution is 0.200. The number of benzene rings is 1. The van der Waals surface area contributed by atoms with Gasteiger partial charge in [0.15, 0.2) is 0 Å². The van der Waals surface area contributed by atoms with Crippen molar-refractivity contribution in [3.05, 3.63) is 40.7 Å². The van der Waals surface area contributed by atoms with E-state index in [1.807, 2.05) is 12.1 Å². The third-order valence-electron chi connectivity index (χ3n) is 3.09. The Kier molecular flexibility index (Phi) is 6.74. The van der Waals surface area contributed by atoms with E-state index in [-0.39, 0.29) is 5.82 Å². The maximum Gasteiger partial charge on any atom is 0.126 e. The number of halogens is 1. The standard InChI is InChI=1S/C16H24FNO/c1-12(2)15(11-18-7-8-19-4)10-14-5-6-16(17)13(3)9-14/h5-6,9-10,12,18H,7-8,11H2,1-4H3. The molecule has 0 aromatic heterocycles. The van der Waals surface area contributed by atoms with E-state index in [0.717, 1.165) is 18.7 Å². The maximum absolute atomic E-state index is 13.2. The molecule has 0 spiro atoms. The lowest BCUT2D eigenvalue weighted by Crippen LogP contribution is -2.23. The second-order valence-electron chi connectivity index (χ2n) is 5.05. The summed E-state index contributed by atoms with van der Waals surface area (Å²) in [6.07, 6.45) is 2.14. The average Bonchev–Trinajstić information content (AvgIpc) is 2.37. The van der Waals surface area contributed by atoms with Gasteiger partial charge in [0.1, 0.15) is 5.82 Å². The van der Waals surface area contributed by atoms with Gasteiger partial charge in [-0.2, -0.15) is 0 Å². The molecule has 0 unspecified atom stereocenters. The number of rotatable bonds is 7. The van der Waals surface area contributed by atoms with Crippen molar-refractivity contribution in [1.29, 1.82) is 0 Å². The predicted molar refractivity (Wildman–Crippen MR) is 78.7 cm³/mol. The lowest BCUT2D eigenvalue weighted by Gasteiger charge is -2.13. The molecule has 1 N–H and O–H groups in total. The molecule has 0 fully saturated rings. The molecular formula is C16H24FNO. The van der Waals surface area contributed by atoms with Gasteiger partial charge in [-0.3, -0.25) is 0 Å². The van der Waals surface area contributed by atoms with Gasteiger partial charge < -0.3 is 10.1 Å². The molecule has 19 heavy (non-hydrogen) atoms. The highest BCUT2D eigenvalue weighted by Gasteiger charge is 2.04. The van der Waals surface area contributed by atoms with E-state index in [1.165, 1.54) is 11.6 Å². The van der Waals surface area contributed by atoms with Crippen LogP contribution >= 0.6 is 0 Å². The zero-order valence-corrected chi connectivity index (χ0v) is 12.3. The summed E-state index contributed by atoms with van der Waals surface area (Å²) in [5.41, 5.74) is 3.04. The molecule has 0 bridgehead atoms. The minimum Gasteiger partial charge on any atom is -0.383 e. The number of hydrogen-bond acceptors (Lipinski definition) is 2. The summed E-state index contributed by atoms with van der Waals surface area (Å²) < 4.78 is 18.2. The molecule has 1 aromatic carbocycles. The molecule has 106 valence electrons. The Bertz CT molecular complexity index is 427. The first kappa shape index (κ1) is 15.9. The van der Waals surface area contributed by atoms with Crippen LogP contribution < -0.4 is 5.32 Å². The topological polar surface area (TPSA) is 21.3 Å². The fraction of sp³-hybridized carbons (Fsp3) is 0.500. The molecule has 2 nitrogen and oxygen atoms in total. The highest BCUT2D eigenvalue weighted by Crippen LogP contribution is 2.16. The minimum atomic E-state index is -0.151. The second-order valence-corrected chi connectivity index (χ2v) is 5.05. The fourth-order valence-electron chi connectivity index (χ4n) is 1.80. The van der Waals surface area contributed by atoms with Crippen LogP contribution in [0.5, 0.6) is 0 Å². The van der Waals surface area contributed by atoms with Crippen LogP contribution in [0.4, 0.5) is 4.39 Å². The molecule has 0 saturated heterocycles. The van der Waals surface area contributed by atoms with Crippen molar-refractivity contribution >= 4 is 6.08 Å². The van der Waals surface area contributed by atoms with E-state index in [0.29, 0.717) is 18.1 Å². The van der Waals surface area contributed by atoms with Gasteiger partial charge in [-0.15, -0.1) is 0 Å². The van der Waals surface area contributed by atoms with E-state index in [4.69, 9.17) is 4.74 Å². The molecule has 0 heterocycles. The van der Waals surface area contributed by atoms with Crippen LogP contribution in [0.15, 0.2) is 23.8 Å². The smallest absolute Gasteiger partial charge is 0.126 e. The second kappa shape index (κ2) is 8.08. The van der Waals surface area contributed by atoms with Crippen LogP contribution in [0.3, 0.4) is 0 Å². The van der Waals surface area contributed by atoms with Gasteiger partial charge in [0.25, 0.3) is 0 Å². The summed E-state index contributed by atoms with van der Waals surface area (Å²) in [5, 5.41) is 3.35. The van der Waals surface area contributed by atoms with Crippen molar-refractivity contribution in [2.75, 3.05) is 26.8 Å². The van der Waals surface area contributed by atoms with E-state index < -0.39 is 0 Å². The Morgan fingerprint density at radius 3 is 2.74 bits per heavy atom. The molecule has 0 aliphatic heterocycles. The van der Waals surface area contributed by atoms with Gasteiger partial charge >= 0.3 is 0 Å². The van der Waals surface area contributed by atoms with Crippen molar-refractivity contribution in [2.24, 2.45) is 5.92 Å². The largest absolute Gasteiger partial charge is 0.383 e. The summed E-state index contributed by atoms with van der Waals surface area (Å²) in [5.74, 6) is 0.307. The number of nitrogens with one attached hydrogen (secondary N) is 1. The molecule has 0 amide bonds. The van der Waals surface area contributed by atoms with Crippen molar-refractivity contribution < 1.29 is 9.13 Å². The molecule has 1 rings (SSSR count). The zero-order chi connectivity index (χ0) is 14.3. The Morgan fingerprint density at radius 2 is 2.16 bits per heavy atom. The monoisotopic (exact) mass is 265 g/mol. The molecule has 0 aliphatic carbocycles. The highest BCUT2D eigenvalue weighted by atomic mass is 19.1. The van der Waals surface area contributed by atoms with Crippen molar-refractivity contribution in [3.63, 3.8) is 0 Å². The van der Waals surface area contributed by atoms with Gasteiger partial charge in [0.2, 0.25) is 0 Å². The lowest BCUT2D eigenvalue weighted by atomic mass is 9.99. The summed E-state index contributed by atoms with van der Waals surface area (Å²) in [6, 6.07) is 5.23. The highest BCUT2D eigenvalue weighted by molar-refractivity contribution is 5.54. The SMILES string of the molecule is COCCNCC(=Cc1ccc(F)c(C)c1)C(C)C.